The van der Waals surface area contributed by atoms with E-state index in [-0.39, 0.29) is 11.9 Å². The molecule has 1 saturated carbocycles. The molecule has 0 heterocycles. The molecule has 0 radical (unpaired) electrons. The first-order valence-electron chi connectivity index (χ1n) is 4.48. The minimum atomic E-state index is -1.19. The molecular formula is C10H9F3O. The van der Waals surface area contributed by atoms with Crippen LogP contribution in [0.2, 0.25) is 0 Å². The molecule has 1 fully saturated rings. The smallest absolute Gasteiger partial charge is 0.168 e. The summed E-state index contributed by atoms with van der Waals surface area (Å²) in [5.41, 5.74) is 0. The molecule has 0 spiro atoms. The molecule has 0 saturated heterocycles. The lowest BCUT2D eigenvalue weighted by molar-refractivity contribution is 0.114. The molecule has 14 heavy (non-hydrogen) atoms. The molecule has 4 heteroatoms. The van der Waals surface area contributed by atoms with Crippen LogP contribution in [0.4, 0.5) is 13.2 Å². The zero-order valence-electron chi connectivity index (χ0n) is 7.40. The van der Waals surface area contributed by atoms with Gasteiger partial charge in [0.05, 0.1) is 6.10 Å². The van der Waals surface area contributed by atoms with Gasteiger partial charge >= 0.3 is 0 Å². The highest BCUT2D eigenvalue weighted by Gasteiger charge is 2.21. The van der Waals surface area contributed by atoms with Crippen LogP contribution in [0.3, 0.4) is 0 Å². The Balaban J connectivity index is 2.19. The fourth-order valence-corrected chi connectivity index (χ4v) is 1.26. The van der Waals surface area contributed by atoms with E-state index in [1.54, 1.807) is 0 Å². The first-order chi connectivity index (χ1) is 6.66. The summed E-state index contributed by atoms with van der Waals surface area (Å²) in [7, 11) is 0. The zero-order chi connectivity index (χ0) is 10.1. The van der Waals surface area contributed by atoms with Crippen LogP contribution in [0.25, 0.3) is 0 Å². The Bertz CT molecular complexity index is 347. The molecular weight excluding hydrogens is 193 g/mol. The summed E-state index contributed by atoms with van der Waals surface area (Å²) >= 11 is 0. The Hall–Kier alpha value is -1.19. The lowest BCUT2D eigenvalue weighted by atomic mass is 9.96. The molecule has 1 aliphatic rings. The monoisotopic (exact) mass is 202 g/mol. The highest BCUT2D eigenvalue weighted by Crippen LogP contribution is 2.28. The molecule has 0 atom stereocenters. The molecule has 1 nitrogen and oxygen atoms in total. The van der Waals surface area contributed by atoms with Crippen LogP contribution >= 0.6 is 0 Å². The quantitative estimate of drug-likeness (QED) is 0.670. The second-order valence-corrected chi connectivity index (χ2v) is 3.37. The van der Waals surface area contributed by atoms with Crippen LogP contribution in [0.5, 0.6) is 5.75 Å². The van der Waals surface area contributed by atoms with E-state index in [1.165, 1.54) is 0 Å². The van der Waals surface area contributed by atoms with Gasteiger partial charge in [-0.2, -0.15) is 0 Å². The van der Waals surface area contributed by atoms with Crippen molar-refractivity contribution in [3.05, 3.63) is 29.6 Å². The standard InChI is InChI=1S/C10H9F3O/c11-7-4-9(13)10(5-8(7)12)14-6-2-1-3-6/h4-6H,1-3H2. The predicted molar refractivity (Wildman–Crippen MR) is 44.6 cm³/mol. The van der Waals surface area contributed by atoms with Crippen molar-refractivity contribution in [1.82, 2.24) is 0 Å². The average Bonchev–Trinajstić information content (AvgIpc) is 2.06. The summed E-state index contributed by atoms with van der Waals surface area (Å²) in [6.07, 6.45) is 2.68. The van der Waals surface area contributed by atoms with E-state index in [0.717, 1.165) is 25.3 Å². The van der Waals surface area contributed by atoms with Crippen LogP contribution in [0.1, 0.15) is 19.3 Å². The first-order valence-corrected chi connectivity index (χ1v) is 4.48. The molecule has 2 rings (SSSR count). The first kappa shape index (κ1) is 9.37. The van der Waals surface area contributed by atoms with Crippen LogP contribution in [0.15, 0.2) is 12.1 Å². The van der Waals surface area contributed by atoms with E-state index in [0.29, 0.717) is 6.07 Å². The molecule has 0 N–H and O–H groups in total. The number of benzene rings is 1. The number of ether oxygens (including phenoxy) is 1. The van der Waals surface area contributed by atoms with Gasteiger partial charge in [-0.25, -0.2) is 13.2 Å². The summed E-state index contributed by atoms with van der Waals surface area (Å²) in [5, 5.41) is 0. The molecule has 0 bridgehead atoms. The zero-order valence-corrected chi connectivity index (χ0v) is 7.40. The number of halogens is 3. The van der Waals surface area contributed by atoms with Gasteiger partial charge in [-0.3, -0.25) is 0 Å². The van der Waals surface area contributed by atoms with Crippen molar-refractivity contribution < 1.29 is 17.9 Å². The molecule has 0 unspecified atom stereocenters. The Labute approximate surface area is 79.5 Å². The van der Waals surface area contributed by atoms with Gasteiger partial charge in [0.1, 0.15) is 0 Å². The largest absolute Gasteiger partial charge is 0.487 e. The second-order valence-electron chi connectivity index (χ2n) is 3.37. The summed E-state index contributed by atoms with van der Waals surface area (Å²) in [6, 6.07) is 1.26. The minimum Gasteiger partial charge on any atom is -0.487 e. The third kappa shape index (κ3) is 1.69. The van der Waals surface area contributed by atoms with E-state index >= 15 is 0 Å². The maximum absolute atomic E-state index is 13.0. The third-order valence-corrected chi connectivity index (χ3v) is 2.32. The van der Waals surface area contributed by atoms with Crippen LogP contribution in [-0.2, 0) is 0 Å². The van der Waals surface area contributed by atoms with E-state index in [1.807, 2.05) is 0 Å². The van der Waals surface area contributed by atoms with Crippen molar-refractivity contribution in [1.29, 1.82) is 0 Å². The summed E-state index contributed by atoms with van der Waals surface area (Å²) in [6.45, 7) is 0. The van der Waals surface area contributed by atoms with Gasteiger partial charge in [0, 0.05) is 12.1 Å². The molecule has 0 aromatic heterocycles. The van der Waals surface area contributed by atoms with Gasteiger partial charge in [0.15, 0.2) is 23.2 Å². The van der Waals surface area contributed by atoms with E-state index in [2.05, 4.69) is 0 Å². The SMILES string of the molecule is Fc1cc(F)c(OC2CCC2)cc1F. The van der Waals surface area contributed by atoms with Crippen molar-refractivity contribution in [2.75, 3.05) is 0 Å². The van der Waals surface area contributed by atoms with Gasteiger partial charge in [-0.1, -0.05) is 0 Å². The lowest BCUT2D eigenvalue weighted by Gasteiger charge is -2.26. The van der Waals surface area contributed by atoms with Crippen LogP contribution in [-0.4, -0.2) is 6.10 Å². The molecule has 0 aliphatic heterocycles. The molecule has 0 amide bonds. The average molecular weight is 202 g/mol. The van der Waals surface area contributed by atoms with Gasteiger partial charge in [-0.15, -0.1) is 0 Å². The molecule has 1 aliphatic carbocycles. The van der Waals surface area contributed by atoms with E-state index in [9.17, 15) is 13.2 Å². The van der Waals surface area contributed by atoms with E-state index < -0.39 is 17.5 Å². The highest BCUT2D eigenvalue weighted by molar-refractivity contribution is 5.26. The number of hydrogen-bond donors (Lipinski definition) is 0. The maximum atomic E-state index is 13.0. The number of rotatable bonds is 2. The normalized spacial score (nSPS) is 16.5. The maximum Gasteiger partial charge on any atom is 0.168 e. The van der Waals surface area contributed by atoms with Crippen molar-refractivity contribution in [2.24, 2.45) is 0 Å². The topological polar surface area (TPSA) is 9.23 Å². The lowest BCUT2D eigenvalue weighted by Crippen LogP contribution is -2.25. The molecule has 1 aromatic rings. The molecule has 76 valence electrons. The van der Waals surface area contributed by atoms with Crippen molar-refractivity contribution in [3.63, 3.8) is 0 Å². The third-order valence-electron chi connectivity index (χ3n) is 2.32. The predicted octanol–water partition coefficient (Wildman–Crippen LogP) is 3.04. The summed E-state index contributed by atoms with van der Waals surface area (Å²) < 4.78 is 43.4. The van der Waals surface area contributed by atoms with Gasteiger partial charge in [0.25, 0.3) is 0 Å². The van der Waals surface area contributed by atoms with Gasteiger partial charge in [0.2, 0.25) is 0 Å². The summed E-state index contributed by atoms with van der Waals surface area (Å²) in [4.78, 5) is 0. The van der Waals surface area contributed by atoms with Crippen LogP contribution in [0, 0.1) is 17.5 Å². The summed E-state index contributed by atoms with van der Waals surface area (Å²) in [5.74, 6) is -3.33. The van der Waals surface area contributed by atoms with Crippen LogP contribution < -0.4 is 4.74 Å². The van der Waals surface area contributed by atoms with Gasteiger partial charge < -0.3 is 4.74 Å². The Morgan fingerprint density at radius 3 is 2.21 bits per heavy atom. The van der Waals surface area contributed by atoms with Crippen molar-refractivity contribution >= 4 is 0 Å². The fourth-order valence-electron chi connectivity index (χ4n) is 1.26. The van der Waals surface area contributed by atoms with Crippen molar-refractivity contribution in [3.8, 4) is 5.75 Å². The van der Waals surface area contributed by atoms with Gasteiger partial charge in [-0.05, 0) is 19.3 Å². The Morgan fingerprint density at radius 1 is 1.00 bits per heavy atom. The Morgan fingerprint density at radius 2 is 1.64 bits per heavy atom. The Kier molecular flexibility index (Phi) is 2.35. The highest BCUT2D eigenvalue weighted by atomic mass is 19.2. The van der Waals surface area contributed by atoms with Crippen molar-refractivity contribution in [2.45, 2.75) is 25.4 Å². The second kappa shape index (κ2) is 3.52. The minimum absolute atomic E-state index is 0.0469. The van der Waals surface area contributed by atoms with E-state index in [4.69, 9.17) is 4.74 Å². The fraction of sp³-hybridized carbons (Fsp3) is 0.400. The number of hydrogen-bond acceptors (Lipinski definition) is 1. The molecule has 1 aromatic carbocycles.